The zero-order valence-electron chi connectivity index (χ0n) is 34.8. The quantitative estimate of drug-likeness (QED) is 0.161. The highest BCUT2D eigenvalue weighted by Gasteiger charge is 2.47. The van der Waals surface area contributed by atoms with E-state index in [-0.39, 0.29) is 0 Å². The summed E-state index contributed by atoms with van der Waals surface area (Å²) in [4.78, 5) is 16.0. The second-order valence-corrected chi connectivity index (χ2v) is 16.7. The smallest absolute Gasteiger partial charge is 0.164 e. The molecule has 296 valence electrons. The lowest BCUT2D eigenvalue weighted by Crippen LogP contribution is -2.28. The van der Waals surface area contributed by atoms with Crippen molar-refractivity contribution >= 4 is 0 Å². The molecule has 12 rings (SSSR count). The SMILES string of the molecule is Cc1ccccc1-c1nc(-c2cccc(C3(c4ccccc4)c4ccccc4-c4ccccc43)c2)nc(-c2cccc(C3(c4ccccc4)c4ccccc4-c4ccccc43)c2)n1. The van der Waals surface area contributed by atoms with Crippen molar-refractivity contribution in [3.05, 3.63) is 281 Å². The lowest BCUT2D eigenvalue weighted by molar-refractivity contribution is 0.768. The maximum Gasteiger partial charge on any atom is 0.164 e. The molecule has 0 radical (unpaired) electrons. The number of aryl methyl sites for hydroxylation is 1. The Morgan fingerprint density at radius 3 is 0.984 bits per heavy atom. The van der Waals surface area contributed by atoms with Crippen molar-refractivity contribution in [2.24, 2.45) is 0 Å². The zero-order valence-corrected chi connectivity index (χ0v) is 34.8. The summed E-state index contributed by atoms with van der Waals surface area (Å²) in [6.07, 6.45) is 0. The zero-order chi connectivity index (χ0) is 42.0. The van der Waals surface area contributed by atoms with E-state index in [2.05, 4.69) is 237 Å². The van der Waals surface area contributed by atoms with Gasteiger partial charge in [-0.1, -0.05) is 218 Å². The molecule has 0 fully saturated rings. The number of benzene rings is 9. The molecule has 0 aliphatic heterocycles. The number of rotatable bonds is 7. The Balaban J connectivity index is 1.08. The highest BCUT2D eigenvalue weighted by molar-refractivity contribution is 5.88. The van der Waals surface area contributed by atoms with Gasteiger partial charge in [-0.25, -0.2) is 15.0 Å². The van der Waals surface area contributed by atoms with Gasteiger partial charge in [0, 0.05) is 16.7 Å². The summed E-state index contributed by atoms with van der Waals surface area (Å²) in [6.45, 7) is 2.12. The fraction of sp³-hybridized carbons (Fsp3) is 0.0500. The predicted octanol–water partition coefficient (Wildman–Crippen LogP) is 13.9. The highest BCUT2D eigenvalue weighted by Crippen LogP contribution is 2.58. The molecule has 0 N–H and O–H groups in total. The molecular weight excluding hydrogens is 763 g/mol. The first-order valence-corrected chi connectivity index (χ1v) is 21.7. The van der Waals surface area contributed by atoms with Crippen molar-refractivity contribution in [2.45, 2.75) is 17.8 Å². The van der Waals surface area contributed by atoms with Gasteiger partial charge < -0.3 is 0 Å². The van der Waals surface area contributed by atoms with Crippen LogP contribution in [-0.4, -0.2) is 15.0 Å². The molecule has 2 aliphatic carbocycles. The van der Waals surface area contributed by atoms with Crippen LogP contribution in [-0.2, 0) is 10.8 Å². The van der Waals surface area contributed by atoms with Crippen LogP contribution in [0.2, 0.25) is 0 Å². The molecule has 0 amide bonds. The summed E-state index contributed by atoms with van der Waals surface area (Å²) in [5.74, 6) is 1.90. The molecule has 0 atom stereocenters. The molecule has 0 bridgehead atoms. The molecule has 0 saturated carbocycles. The lowest BCUT2D eigenvalue weighted by Gasteiger charge is -2.34. The minimum atomic E-state index is -0.548. The lowest BCUT2D eigenvalue weighted by atomic mass is 9.67. The first-order valence-electron chi connectivity index (χ1n) is 21.7. The minimum Gasteiger partial charge on any atom is -0.208 e. The van der Waals surface area contributed by atoms with Gasteiger partial charge in [0.05, 0.1) is 10.8 Å². The molecule has 63 heavy (non-hydrogen) atoms. The molecule has 3 heteroatoms. The average Bonchev–Trinajstić information content (AvgIpc) is 3.83. The first-order chi connectivity index (χ1) is 31.2. The number of aromatic nitrogens is 3. The normalized spacial score (nSPS) is 13.7. The molecule has 0 spiro atoms. The Morgan fingerprint density at radius 1 is 0.270 bits per heavy atom. The maximum absolute atomic E-state index is 5.41. The van der Waals surface area contributed by atoms with Crippen LogP contribution in [0, 0.1) is 6.92 Å². The largest absolute Gasteiger partial charge is 0.208 e. The van der Waals surface area contributed by atoms with E-state index in [0.29, 0.717) is 17.5 Å². The summed E-state index contributed by atoms with van der Waals surface area (Å²) < 4.78 is 0. The van der Waals surface area contributed by atoms with E-state index in [1.807, 2.05) is 0 Å². The molecule has 3 nitrogen and oxygen atoms in total. The molecule has 1 heterocycles. The summed E-state index contributed by atoms with van der Waals surface area (Å²) in [7, 11) is 0. The summed E-state index contributed by atoms with van der Waals surface area (Å²) >= 11 is 0. The van der Waals surface area contributed by atoms with Crippen molar-refractivity contribution in [2.75, 3.05) is 0 Å². The number of fused-ring (bicyclic) bond motifs is 6. The van der Waals surface area contributed by atoms with Crippen molar-refractivity contribution in [3.8, 4) is 56.4 Å². The maximum atomic E-state index is 5.41. The molecule has 0 saturated heterocycles. The van der Waals surface area contributed by atoms with E-state index in [1.165, 1.54) is 55.6 Å². The van der Waals surface area contributed by atoms with Crippen LogP contribution in [0.4, 0.5) is 0 Å². The van der Waals surface area contributed by atoms with Gasteiger partial charge in [-0.05, 0) is 91.4 Å². The van der Waals surface area contributed by atoms with Gasteiger partial charge in [-0.3, -0.25) is 0 Å². The van der Waals surface area contributed by atoms with E-state index >= 15 is 0 Å². The van der Waals surface area contributed by atoms with Crippen molar-refractivity contribution in [1.82, 2.24) is 15.0 Å². The predicted molar refractivity (Wildman–Crippen MR) is 255 cm³/mol. The van der Waals surface area contributed by atoms with Gasteiger partial charge >= 0.3 is 0 Å². The highest BCUT2D eigenvalue weighted by atomic mass is 15.0. The summed E-state index contributed by atoms with van der Waals surface area (Å²) in [5.41, 5.74) is 17.7. The van der Waals surface area contributed by atoms with Gasteiger partial charge in [0.1, 0.15) is 0 Å². The molecule has 10 aromatic rings. The van der Waals surface area contributed by atoms with Gasteiger partial charge in [0.25, 0.3) is 0 Å². The standard InChI is InChI=1S/C60H41N3/c1-40-20-8-9-29-47(40)58-62-56(41-21-18-27-45(38-41)59(43-23-4-2-5-24-43)52-34-14-10-30-48(52)49-31-11-15-35-53(49)59)61-57(63-58)42-22-19-28-46(39-42)60(44-25-6-3-7-26-44)54-36-16-12-32-50(54)51-33-13-17-37-55(51)60/h2-39H,1H3. The van der Waals surface area contributed by atoms with Crippen molar-refractivity contribution in [3.63, 3.8) is 0 Å². The minimum absolute atomic E-state index is 0.548. The van der Waals surface area contributed by atoms with E-state index < -0.39 is 10.8 Å². The van der Waals surface area contributed by atoms with Crippen molar-refractivity contribution in [1.29, 1.82) is 0 Å². The van der Waals surface area contributed by atoms with E-state index in [9.17, 15) is 0 Å². The fourth-order valence-electron chi connectivity index (χ4n) is 10.8. The van der Waals surface area contributed by atoms with Crippen LogP contribution in [0.3, 0.4) is 0 Å². The fourth-order valence-corrected chi connectivity index (χ4v) is 10.8. The summed E-state index contributed by atoms with van der Waals surface area (Å²) in [6, 6.07) is 83.4. The average molecular weight is 804 g/mol. The van der Waals surface area contributed by atoms with Crippen LogP contribution in [0.15, 0.2) is 231 Å². The number of hydrogen-bond acceptors (Lipinski definition) is 3. The van der Waals surface area contributed by atoms with Crippen LogP contribution < -0.4 is 0 Å². The van der Waals surface area contributed by atoms with Crippen LogP contribution >= 0.6 is 0 Å². The van der Waals surface area contributed by atoms with E-state index in [4.69, 9.17) is 15.0 Å². The third-order valence-corrected chi connectivity index (χ3v) is 13.4. The second-order valence-electron chi connectivity index (χ2n) is 16.7. The van der Waals surface area contributed by atoms with Gasteiger partial charge in [0.2, 0.25) is 0 Å². The Hall–Kier alpha value is -8.01. The number of nitrogens with zero attached hydrogens (tertiary/aromatic N) is 3. The summed E-state index contributed by atoms with van der Waals surface area (Å²) in [5, 5.41) is 0. The monoisotopic (exact) mass is 803 g/mol. The van der Waals surface area contributed by atoms with Crippen LogP contribution in [0.5, 0.6) is 0 Å². The molecule has 0 unspecified atom stereocenters. The Morgan fingerprint density at radius 2 is 0.587 bits per heavy atom. The molecular formula is C60H41N3. The second kappa shape index (κ2) is 14.6. The van der Waals surface area contributed by atoms with Crippen LogP contribution in [0.1, 0.15) is 50.1 Å². The third kappa shape index (κ3) is 5.49. The van der Waals surface area contributed by atoms with E-state index in [1.54, 1.807) is 0 Å². The Labute approximate surface area is 368 Å². The van der Waals surface area contributed by atoms with Crippen molar-refractivity contribution < 1.29 is 0 Å². The Bertz CT molecular complexity index is 3080. The Kier molecular flexibility index (Phi) is 8.52. The first kappa shape index (κ1) is 36.8. The van der Waals surface area contributed by atoms with Crippen LogP contribution in [0.25, 0.3) is 56.4 Å². The van der Waals surface area contributed by atoms with Gasteiger partial charge in [-0.2, -0.15) is 0 Å². The van der Waals surface area contributed by atoms with Gasteiger partial charge in [0.15, 0.2) is 17.5 Å². The van der Waals surface area contributed by atoms with Gasteiger partial charge in [-0.15, -0.1) is 0 Å². The topological polar surface area (TPSA) is 38.7 Å². The molecule has 9 aromatic carbocycles. The molecule has 1 aromatic heterocycles. The van der Waals surface area contributed by atoms with E-state index in [0.717, 1.165) is 33.4 Å². The molecule has 2 aliphatic rings. The number of hydrogen-bond donors (Lipinski definition) is 0. The third-order valence-electron chi connectivity index (χ3n) is 13.4.